The lowest BCUT2D eigenvalue weighted by Crippen LogP contribution is -2.43. The van der Waals surface area contributed by atoms with Gasteiger partial charge in [-0.25, -0.2) is 4.79 Å². The monoisotopic (exact) mass is 494 g/mol. The second-order valence-electron chi connectivity index (χ2n) is 9.94. The number of halogens is 3. The smallest absolute Gasteiger partial charge is 0.425 e. The van der Waals surface area contributed by atoms with E-state index >= 15 is 0 Å². The molecule has 0 bridgehead atoms. The predicted octanol–water partition coefficient (Wildman–Crippen LogP) is 2.78. The van der Waals surface area contributed by atoms with Gasteiger partial charge in [0, 0.05) is 12.8 Å². The van der Waals surface area contributed by atoms with Crippen molar-refractivity contribution in [2.24, 2.45) is 11.3 Å². The van der Waals surface area contributed by atoms with Crippen molar-refractivity contribution in [1.29, 1.82) is 0 Å². The van der Waals surface area contributed by atoms with E-state index < -0.39 is 78.0 Å². The number of hydrogen-bond acceptors (Lipinski definition) is 9. The van der Waals surface area contributed by atoms with E-state index in [1.165, 1.54) is 0 Å². The van der Waals surface area contributed by atoms with Crippen LogP contribution in [-0.2, 0) is 42.8 Å². The summed E-state index contributed by atoms with van der Waals surface area (Å²) in [5.41, 5.74) is -0.776. The van der Waals surface area contributed by atoms with Gasteiger partial charge in [0.05, 0.1) is 11.3 Å². The van der Waals surface area contributed by atoms with Crippen LogP contribution in [0, 0.1) is 11.3 Å². The summed E-state index contributed by atoms with van der Waals surface area (Å²) in [7, 11) is 0. The molecule has 6 atom stereocenters. The zero-order valence-electron chi connectivity index (χ0n) is 19.4. The van der Waals surface area contributed by atoms with Crippen LogP contribution in [0.1, 0.15) is 59.8 Å². The summed E-state index contributed by atoms with van der Waals surface area (Å²) in [4.78, 5) is 36.9. The highest BCUT2D eigenvalue weighted by molar-refractivity contribution is 5.84. The van der Waals surface area contributed by atoms with Crippen LogP contribution in [0.3, 0.4) is 0 Å². The van der Waals surface area contributed by atoms with Crippen molar-refractivity contribution in [2.45, 2.75) is 109 Å². The van der Waals surface area contributed by atoms with Crippen molar-refractivity contribution < 1.29 is 56.0 Å². The van der Waals surface area contributed by atoms with Crippen LogP contribution in [0.15, 0.2) is 0 Å². The third kappa shape index (κ3) is 4.51. The molecule has 0 aromatic rings. The molecule has 1 aliphatic carbocycles. The maximum atomic E-state index is 12.7. The Morgan fingerprint density at radius 3 is 2.35 bits per heavy atom. The van der Waals surface area contributed by atoms with Gasteiger partial charge in [0.25, 0.3) is 0 Å². The van der Waals surface area contributed by atoms with Crippen molar-refractivity contribution in [2.75, 3.05) is 0 Å². The van der Waals surface area contributed by atoms with E-state index in [4.69, 9.17) is 23.7 Å². The second kappa shape index (κ2) is 8.63. The summed E-state index contributed by atoms with van der Waals surface area (Å²) in [6.45, 7) is 6.05. The third-order valence-corrected chi connectivity index (χ3v) is 7.18. The number of carbonyl (C=O) groups is 3. The first-order valence-corrected chi connectivity index (χ1v) is 11.5. The Balaban J connectivity index is 1.33. The Morgan fingerprint density at radius 1 is 1.12 bits per heavy atom. The van der Waals surface area contributed by atoms with E-state index in [1.54, 1.807) is 13.8 Å². The molecule has 1 spiro atoms. The van der Waals surface area contributed by atoms with E-state index in [-0.39, 0.29) is 25.7 Å². The van der Waals surface area contributed by atoms with Crippen LogP contribution >= 0.6 is 0 Å². The van der Waals surface area contributed by atoms with E-state index in [2.05, 4.69) is 4.74 Å². The summed E-state index contributed by atoms with van der Waals surface area (Å²) in [5.74, 6) is -3.96. The molecule has 3 unspecified atom stereocenters. The molecular formula is C22H29F3O9. The number of alkyl halides is 3. The minimum absolute atomic E-state index is 0.211. The van der Waals surface area contributed by atoms with Gasteiger partial charge in [0.15, 0.2) is 30.4 Å². The maximum absolute atomic E-state index is 12.7. The summed E-state index contributed by atoms with van der Waals surface area (Å²) in [6, 6.07) is 0. The quantitative estimate of drug-likeness (QED) is 0.421. The fourth-order valence-corrected chi connectivity index (χ4v) is 4.47. The first kappa shape index (κ1) is 25.2. The van der Waals surface area contributed by atoms with E-state index in [9.17, 15) is 27.6 Å². The fraction of sp³-hybridized carbons (Fsp3) is 0.864. The molecule has 4 rings (SSSR count). The standard InChI is InChI=1S/C22H29F3O9/c1-5-20(3,4)19(28)32-14-12-13(30-17(14)27)15-18(31-12)34-21(33-15)8-6-11(7-9-21)16(26)29-10(2)22(23,24)25/h10-15,18H,5-9H2,1-4H3/t10?,11?,12?,13-,14?,15+,18+,21?/m0/s1. The van der Waals surface area contributed by atoms with E-state index in [0.29, 0.717) is 6.42 Å². The van der Waals surface area contributed by atoms with E-state index in [1.807, 2.05) is 6.92 Å². The van der Waals surface area contributed by atoms with Crippen molar-refractivity contribution in [3.8, 4) is 0 Å². The average molecular weight is 494 g/mol. The Hall–Kier alpha value is -1.92. The molecule has 3 aliphatic heterocycles. The third-order valence-electron chi connectivity index (χ3n) is 7.18. The molecule has 3 heterocycles. The number of carbonyl (C=O) groups excluding carboxylic acids is 3. The van der Waals surface area contributed by atoms with Crippen LogP contribution in [0.5, 0.6) is 0 Å². The van der Waals surface area contributed by atoms with Gasteiger partial charge in [-0.05, 0) is 40.0 Å². The highest BCUT2D eigenvalue weighted by Gasteiger charge is 2.66. The van der Waals surface area contributed by atoms with Gasteiger partial charge in [-0.15, -0.1) is 0 Å². The lowest BCUT2D eigenvalue weighted by atomic mass is 9.85. The minimum Gasteiger partial charge on any atom is -0.454 e. The molecule has 0 N–H and O–H groups in total. The average Bonchev–Trinajstić information content (AvgIpc) is 3.36. The van der Waals surface area contributed by atoms with Crippen LogP contribution in [0.25, 0.3) is 0 Å². The predicted molar refractivity (Wildman–Crippen MR) is 105 cm³/mol. The molecule has 4 aliphatic rings. The first-order chi connectivity index (χ1) is 15.8. The molecule has 4 fully saturated rings. The van der Waals surface area contributed by atoms with Crippen molar-refractivity contribution in [3.05, 3.63) is 0 Å². The van der Waals surface area contributed by atoms with Gasteiger partial charge < -0.3 is 28.4 Å². The number of ether oxygens (including phenoxy) is 6. The van der Waals surface area contributed by atoms with E-state index in [0.717, 1.165) is 6.92 Å². The molecule has 3 saturated heterocycles. The molecule has 0 amide bonds. The Kier molecular flexibility index (Phi) is 6.39. The SMILES string of the molecule is CCC(C)(C)C(=O)OC1C(=O)O[C@H]2C1O[C@@H]1OC3(CCC(C(=O)OC(C)C(F)(F)F)CC3)O[C@@H]12. The van der Waals surface area contributed by atoms with Gasteiger partial charge in [-0.2, -0.15) is 13.2 Å². The summed E-state index contributed by atoms with van der Waals surface area (Å²) in [6.07, 6.45) is -9.91. The molecule has 12 heteroatoms. The Bertz CT molecular complexity index is 834. The lowest BCUT2D eigenvalue weighted by Gasteiger charge is -2.36. The van der Waals surface area contributed by atoms with Gasteiger partial charge in [-0.1, -0.05) is 6.92 Å². The van der Waals surface area contributed by atoms with Crippen LogP contribution < -0.4 is 0 Å². The molecular weight excluding hydrogens is 465 g/mol. The van der Waals surface area contributed by atoms with Gasteiger partial charge in [-0.3, -0.25) is 9.59 Å². The molecule has 192 valence electrons. The number of fused-ring (bicyclic) bond motifs is 3. The summed E-state index contributed by atoms with van der Waals surface area (Å²) < 4.78 is 71.3. The zero-order valence-corrected chi connectivity index (χ0v) is 19.4. The maximum Gasteiger partial charge on any atom is 0.425 e. The van der Waals surface area contributed by atoms with Crippen LogP contribution in [-0.4, -0.2) is 66.7 Å². The van der Waals surface area contributed by atoms with Crippen LogP contribution in [0.2, 0.25) is 0 Å². The minimum atomic E-state index is -4.62. The molecule has 0 radical (unpaired) electrons. The molecule has 9 nitrogen and oxygen atoms in total. The van der Waals surface area contributed by atoms with Gasteiger partial charge in [0.1, 0.15) is 6.10 Å². The number of rotatable bonds is 5. The first-order valence-electron chi connectivity index (χ1n) is 11.5. The van der Waals surface area contributed by atoms with Gasteiger partial charge in [0.2, 0.25) is 6.10 Å². The van der Waals surface area contributed by atoms with Crippen molar-refractivity contribution in [3.63, 3.8) is 0 Å². The zero-order chi connectivity index (χ0) is 25.1. The molecule has 1 saturated carbocycles. The molecule has 34 heavy (non-hydrogen) atoms. The molecule has 0 aromatic heterocycles. The Labute approximate surface area is 194 Å². The molecule has 0 aromatic carbocycles. The Morgan fingerprint density at radius 2 is 1.76 bits per heavy atom. The van der Waals surface area contributed by atoms with Crippen molar-refractivity contribution in [1.82, 2.24) is 0 Å². The normalized spacial score (nSPS) is 38.3. The van der Waals surface area contributed by atoms with Crippen molar-refractivity contribution >= 4 is 17.9 Å². The topological polar surface area (TPSA) is 107 Å². The summed E-state index contributed by atoms with van der Waals surface area (Å²) in [5, 5.41) is 0. The fourth-order valence-electron chi connectivity index (χ4n) is 4.47. The second-order valence-corrected chi connectivity index (χ2v) is 9.94. The van der Waals surface area contributed by atoms with Gasteiger partial charge >= 0.3 is 24.1 Å². The van der Waals surface area contributed by atoms with Crippen LogP contribution in [0.4, 0.5) is 13.2 Å². The lowest BCUT2D eigenvalue weighted by molar-refractivity contribution is -0.251. The summed E-state index contributed by atoms with van der Waals surface area (Å²) >= 11 is 0. The number of esters is 3. The largest absolute Gasteiger partial charge is 0.454 e. The highest BCUT2D eigenvalue weighted by atomic mass is 19.4. The number of hydrogen-bond donors (Lipinski definition) is 0. The highest BCUT2D eigenvalue weighted by Crippen LogP contribution is 2.49.